The van der Waals surface area contributed by atoms with Crippen LogP contribution in [-0.2, 0) is 68.7 Å². The van der Waals surface area contributed by atoms with E-state index in [2.05, 4.69) is 73.1 Å². The first kappa shape index (κ1) is 83.4. The van der Waals surface area contributed by atoms with Gasteiger partial charge in [-0.15, -0.1) is 0 Å². The molecule has 1 saturated heterocycles. The molecule has 1 aromatic carbocycles. The number of aliphatic carboxylic acids is 3. The fraction of sp³-hybridized carbons (Fsp3) is 0.655. The van der Waals surface area contributed by atoms with Crippen molar-refractivity contribution in [3.05, 3.63) is 29.8 Å². The van der Waals surface area contributed by atoms with Gasteiger partial charge in [0.15, 0.2) is 0 Å². The normalized spacial score (nSPS) is 15.9. The number of hydrogen-bond acceptors (Lipinski definition) is 26. The number of aromatic hydroxyl groups is 1. The van der Waals surface area contributed by atoms with Crippen LogP contribution in [0.1, 0.15) is 57.9 Å². The predicted molar refractivity (Wildman–Crippen MR) is 331 cm³/mol. The Bertz CT molecular complexity index is 2550. The molecule has 1 fully saturated rings. The van der Waals surface area contributed by atoms with E-state index in [0.717, 1.165) is 0 Å². The number of carbonyl (C=O) groups excluding carboxylic acids is 13. The molecule has 2 rings (SSSR count). The molecule has 37 heteroatoms. The number of unbranched alkanes of at least 4 members (excludes halogenated alkanes) is 1. The molecule has 1 aromatic rings. The van der Waals surface area contributed by atoms with Crippen molar-refractivity contribution < 1.29 is 93.0 Å². The molecule has 512 valence electrons. The van der Waals surface area contributed by atoms with Crippen LogP contribution in [0.25, 0.3) is 0 Å². The predicted octanol–water partition coefficient (Wildman–Crippen LogP) is -12.1. The topological polar surface area (TPSA) is 525 Å². The van der Waals surface area contributed by atoms with Crippen LogP contribution in [0.15, 0.2) is 24.3 Å². The Kier molecular flexibility index (Phi) is 41.4. The molecule has 16 N–H and O–H groups in total. The first-order chi connectivity index (χ1) is 43.1. The largest absolute Gasteiger partial charge is 3.00 e. The van der Waals surface area contributed by atoms with Crippen molar-refractivity contribution in [3.63, 3.8) is 0 Å². The van der Waals surface area contributed by atoms with Gasteiger partial charge in [-0.25, -0.2) is 0 Å². The molecule has 1 aliphatic rings. The number of nitrogens with one attached hydrogen (secondary N) is 9. The van der Waals surface area contributed by atoms with E-state index >= 15 is 0 Å². The summed E-state index contributed by atoms with van der Waals surface area (Å²) in [5.41, 5.74) is 11.6. The number of nitrogens with zero attached hydrogens (tertiary/aromatic N) is 4. The number of thiol groups is 2. The van der Waals surface area contributed by atoms with E-state index in [1.165, 1.54) is 39.0 Å². The Balaban J connectivity index is 0.0000423. The minimum absolute atomic E-state index is 0. The molecule has 0 spiro atoms. The van der Waals surface area contributed by atoms with Gasteiger partial charge in [0.05, 0.1) is 50.8 Å². The van der Waals surface area contributed by atoms with Gasteiger partial charge in [-0.3, -0.25) is 67.5 Å². The molecule has 34 nitrogen and oxygen atoms in total. The second-order valence-corrected chi connectivity index (χ2v) is 22.7. The van der Waals surface area contributed by atoms with Crippen molar-refractivity contribution in [1.29, 1.82) is 0 Å². The number of carboxylic acid groups (broad SMARTS) is 3. The third-order valence-electron chi connectivity index (χ3n) is 14.0. The first-order valence-corrected chi connectivity index (χ1v) is 30.7. The van der Waals surface area contributed by atoms with Crippen molar-refractivity contribution in [2.45, 2.75) is 101 Å². The minimum atomic E-state index is -1.66. The van der Waals surface area contributed by atoms with Crippen LogP contribution >= 0.6 is 25.3 Å². The van der Waals surface area contributed by atoms with Crippen LogP contribution < -0.4 is 74.6 Å². The summed E-state index contributed by atoms with van der Waals surface area (Å²) in [6, 6.07) is -4.48. The third-order valence-corrected chi connectivity index (χ3v) is 14.5. The molecule has 0 unspecified atom stereocenters. The molecule has 1 heterocycles. The number of aliphatic hydroxyl groups is 2. The Morgan fingerprint density at radius 2 is 0.848 bits per heavy atom. The summed E-state index contributed by atoms with van der Waals surface area (Å²) in [7, 11) is 0. The van der Waals surface area contributed by atoms with E-state index in [0.29, 0.717) is 12.0 Å². The first-order valence-electron chi connectivity index (χ1n) is 29.5. The van der Waals surface area contributed by atoms with Gasteiger partial charge in [0, 0.05) is 78.4 Å². The fourth-order valence-corrected chi connectivity index (χ4v) is 9.60. The van der Waals surface area contributed by atoms with Gasteiger partial charge >= 0.3 is 25.8 Å². The summed E-state index contributed by atoms with van der Waals surface area (Å²) in [6.45, 7) is -1.08. The maximum absolute atomic E-state index is 14.0. The van der Waals surface area contributed by atoms with Gasteiger partial charge in [0.25, 0.3) is 0 Å². The molecule has 0 bridgehead atoms. The third kappa shape index (κ3) is 34.4. The molecule has 10 amide bonds. The molecule has 0 radical (unpaired) electrons. The summed E-state index contributed by atoms with van der Waals surface area (Å²) in [4.78, 5) is 174. The number of primary amides is 1. The zero-order valence-electron chi connectivity index (χ0n) is 51.6. The van der Waals surface area contributed by atoms with Crippen LogP contribution in [0.2, 0.25) is 0 Å². The van der Waals surface area contributed by atoms with Gasteiger partial charge in [-0.05, 0) is 80.2 Å². The standard InChI is InChI=1S/C55H91N15O19S2.In/c1-33(2)23-39(49(57)83)64-55(89)42(32-72)66-54(88)40(24-34-6-8-35(73)9-7-34)65-53(87)38(11-22-91)63-52(86)37(10-21-90)62-51(85)36(5-3-4-12-56)60-44(75)26-59-50(84)41(31-71)61-43(74)25-58-45(76)27-67-13-15-68(28-46(77)78)17-19-70(30-48(81)82)20-18-69(16-14-67)29-47(79)80;/h6-9,33,36-42,71-73,90-91H,3-5,10-32,56H2,1-2H3,(H2,57,83)(H,58,76)(H,59,84)(H,60,75)(H,61,74)(H,62,85)(H,63,86)(H,64,89)(H,65,87)(H,66,88)(H,77,78)(H,79,80)(H,81,82);/q;+3/p-3/t36-,37-,38-,39-,40-,41-,42-;/m0./s1/i;1-4. The van der Waals surface area contributed by atoms with Gasteiger partial charge in [0.2, 0.25) is 59.1 Å². The number of carbonyl (C=O) groups is 13. The summed E-state index contributed by atoms with van der Waals surface area (Å²) < 4.78 is 0. The number of phenolic OH excluding ortho intramolecular Hbond substituents is 1. The molecule has 92 heavy (non-hydrogen) atoms. The van der Waals surface area contributed by atoms with Crippen molar-refractivity contribution in [2.24, 2.45) is 17.4 Å². The number of hydrogen-bond donors (Lipinski definition) is 16. The number of aliphatic hydroxyl groups excluding tert-OH is 2. The summed E-state index contributed by atoms with van der Waals surface area (Å²) in [5, 5.41) is 86.2. The number of rotatable bonds is 40. The van der Waals surface area contributed by atoms with Crippen LogP contribution in [0.4, 0.5) is 0 Å². The van der Waals surface area contributed by atoms with Gasteiger partial charge in [-0.2, -0.15) is 25.3 Å². The molecule has 0 saturated carbocycles. The SMILES string of the molecule is CC(C)C[C@H](NC(=O)[C@H](CO)NC(=O)[C@H](Cc1ccc(O)cc1)NC(=O)[C@H](CCS)NC(=O)[C@H](CCS)NC(=O)[C@H](CCCCN)NC(=O)CNC(=O)[C@H](CO)NC(=O)CNC(=O)CN1CCN(CC(=O)[O-])CCN(CC(=O)[O-])CCN(CC(=O)[O-])CC1)C(N)=O.[111In+3]. The molecule has 7 atom stereocenters. The van der Waals surface area contributed by atoms with Gasteiger partial charge < -0.3 is 104 Å². The average molecular weight is 1440 g/mol. The van der Waals surface area contributed by atoms with Crippen LogP contribution in [-0.4, -0.2) is 303 Å². The van der Waals surface area contributed by atoms with E-state index in [4.69, 9.17) is 11.5 Å². The molecule has 0 aliphatic carbocycles. The van der Waals surface area contributed by atoms with Crippen LogP contribution in [0, 0.1) is 5.92 Å². The quantitative estimate of drug-likeness (QED) is 0.0214. The van der Waals surface area contributed by atoms with Gasteiger partial charge in [0.1, 0.15) is 48.0 Å². The fourth-order valence-electron chi connectivity index (χ4n) is 9.08. The van der Waals surface area contributed by atoms with Crippen molar-refractivity contribution in [2.75, 3.05) is 123 Å². The molecule has 0 aromatic heterocycles. The second-order valence-electron chi connectivity index (χ2n) is 21.8. The summed E-state index contributed by atoms with van der Waals surface area (Å²) >= 11 is 8.47. The molecular formula is C55H88InN15O19S2. The number of amides is 10. The molecule has 1 aliphatic heterocycles. The maximum atomic E-state index is 14.0. The zero-order chi connectivity index (χ0) is 68.2. The number of phenols is 1. The Morgan fingerprint density at radius 3 is 1.25 bits per heavy atom. The summed E-state index contributed by atoms with van der Waals surface area (Å²) in [6.07, 6.45) is 0.335. The Hall–Kier alpha value is -6.58. The number of nitrogens with two attached hydrogens (primary N) is 2. The Labute approximate surface area is 562 Å². The molecular weight excluding hydrogens is 1350 g/mol. The van der Waals surface area contributed by atoms with Crippen molar-refractivity contribution >= 4 is 128 Å². The summed E-state index contributed by atoms with van der Waals surface area (Å²) in [5.74, 6) is -13.5. The van der Waals surface area contributed by atoms with E-state index in [1.54, 1.807) is 18.7 Å². The van der Waals surface area contributed by atoms with Crippen LogP contribution in [0.5, 0.6) is 5.75 Å². The van der Waals surface area contributed by atoms with Crippen LogP contribution in [0.3, 0.4) is 0 Å². The monoisotopic (exact) mass is 1440 g/mol. The van der Waals surface area contributed by atoms with E-state index < -0.39 is 165 Å². The smallest absolute Gasteiger partial charge is 0.549 e. The van der Waals surface area contributed by atoms with E-state index in [1.807, 2.05) is 0 Å². The van der Waals surface area contributed by atoms with E-state index in [-0.39, 0.29) is 153 Å². The van der Waals surface area contributed by atoms with Crippen molar-refractivity contribution in [3.8, 4) is 5.75 Å². The number of carboxylic acids is 3. The average Bonchev–Trinajstić information content (AvgIpc) is 1.00. The maximum Gasteiger partial charge on any atom is 3.00 e. The minimum Gasteiger partial charge on any atom is -0.549 e. The second kappa shape index (κ2) is 45.7. The van der Waals surface area contributed by atoms with Gasteiger partial charge in [-0.1, -0.05) is 26.0 Å². The zero-order valence-corrected chi connectivity index (χ0v) is 56.7. The van der Waals surface area contributed by atoms with E-state index in [9.17, 15) is 93.0 Å². The van der Waals surface area contributed by atoms with Crippen molar-refractivity contribution in [1.82, 2.24) is 67.5 Å². The number of benzene rings is 1. The Morgan fingerprint density at radius 1 is 0.489 bits per heavy atom.